The molecule has 0 saturated carbocycles. The Hall–Kier alpha value is -6.85. The van der Waals surface area contributed by atoms with Crippen molar-refractivity contribution in [3.05, 3.63) is 164 Å². The summed E-state index contributed by atoms with van der Waals surface area (Å²) < 4.78 is 12.8. The number of para-hydroxylation sites is 4. The van der Waals surface area contributed by atoms with E-state index in [0.717, 1.165) is 82.8 Å². The lowest BCUT2D eigenvalue weighted by Crippen LogP contribution is -2.00. The highest BCUT2D eigenvalue weighted by atomic mass is 16.3. The van der Waals surface area contributed by atoms with Gasteiger partial charge in [0.1, 0.15) is 22.3 Å². The number of nitrogens with zero attached hydrogens (tertiary/aromatic N) is 3. The molecule has 3 aromatic heterocycles. The molecule has 7 aromatic carbocycles. The summed E-state index contributed by atoms with van der Waals surface area (Å²) in [6, 6.07) is 55.7. The van der Waals surface area contributed by atoms with Gasteiger partial charge in [0.2, 0.25) is 0 Å². The molecule has 0 N–H and O–H groups in total. The molecule has 50 heavy (non-hydrogen) atoms. The molecule has 10 aromatic rings. The molecule has 0 aliphatic rings. The summed E-state index contributed by atoms with van der Waals surface area (Å²) in [5.74, 6) is 1.80. The van der Waals surface area contributed by atoms with Gasteiger partial charge in [0.05, 0.1) is 0 Å². The van der Waals surface area contributed by atoms with Crippen molar-refractivity contribution in [1.82, 2.24) is 15.0 Å². The van der Waals surface area contributed by atoms with Crippen molar-refractivity contribution in [3.8, 4) is 56.4 Å². The van der Waals surface area contributed by atoms with Crippen LogP contribution in [0.4, 0.5) is 0 Å². The monoisotopic (exact) mass is 641 g/mol. The van der Waals surface area contributed by atoms with Gasteiger partial charge in [0.25, 0.3) is 0 Å². The fraction of sp³-hybridized carbons (Fsp3) is 0. The number of hydrogen-bond acceptors (Lipinski definition) is 5. The van der Waals surface area contributed by atoms with Crippen LogP contribution < -0.4 is 0 Å². The molecule has 5 nitrogen and oxygen atoms in total. The molecule has 5 heteroatoms. The molecule has 0 atom stereocenters. The quantitative estimate of drug-likeness (QED) is 0.187. The van der Waals surface area contributed by atoms with Gasteiger partial charge in [-0.25, -0.2) is 15.0 Å². The minimum Gasteiger partial charge on any atom is -0.455 e. The molecule has 3 heterocycles. The summed E-state index contributed by atoms with van der Waals surface area (Å²) in [5.41, 5.74) is 10.3. The van der Waals surface area contributed by atoms with Crippen LogP contribution >= 0.6 is 0 Å². The van der Waals surface area contributed by atoms with E-state index in [1.807, 2.05) is 78.9 Å². The van der Waals surface area contributed by atoms with Crippen LogP contribution in [0.2, 0.25) is 0 Å². The van der Waals surface area contributed by atoms with Crippen molar-refractivity contribution in [2.75, 3.05) is 0 Å². The Labute approximate surface area is 287 Å². The van der Waals surface area contributed by atoms with E-state index in [2.05, 4.69) is 84.9 Å². The van der Waals surface area contributed by atoms with E-state index in [-0.39, 0.29) is 0 Å². The molecule has 0 aliphatic carbocycles. The fourth-order valence-electron chi connectivity index (χ4n) is 6.95. The molecular formula is C45H27N3O2. The minimum atomic E-state index is 0.595. The van der Waals surface area contributed by atoms with E-state index in [9.17, 15) is 0 Å². The molecule has 0 fully saturated rings. The van der Waals surface area contributed by atoms with Gasteiger partial charge in [-0.05, 0) is 35.4 Å². The van der Waals surface area contributed by atoms with Crippen LogP contribution in [0.15, 0.2) is 173 Å². The highest BCUT2D eigenvalue weighted by molar-refractivity contribution is 6.10. The van der Waals surface area contributed by atoms with Crippen molar-refractivity contribution in [2.45, 2.75) is 0 Å². The van der Waals surface area contributed by atoms with Gasteiger partial charge in [-0.3, -0.25) is 0 Å². The van der Waals surface area contributed by atoms with Gasteiger partial charge < -0.3 is 8.83 Å². The van der Waals surface area contributed by atoms with Crippen LogP contribution in [-0.4, -0.2) is 15.0 Å². The average molecular weight is 642 g/mol. The maximum Gasteiger partial charge on any atom is 0.164 e. The molecule has 0 aliphatic heterocycles. The van der Waals surface area contributed by atoms with Crippen LogP contribution in [0, 0.1) is 0 Å². The standard InChI is InChI=1S/C45H27N3O2/c1-2-12-28(13-3-1)43-46-44(31-16-8-14-29(26-31)33-20-10-22-37-35-18-4-6-24-39(35)49-41(33)37)48-45(47-43)32-17-9-15-30(27-32)34-21-11-23-38-36-19-5-7-25-40(36)50-42(34)38/h1-27H. The van der Waals surface area contributed by atoms with Crippen LogP contribution in [0.1, 0.15) is 0 Å². The summed E-state index contributed by atoms with van der Waals surface area (Å²) in [6.45, 7) is 0. The first kappa shape index (κ1) is 28.2. The third-order valence-electron chi connectivity index (χ3n) is 9.34. The topological polar surface area (TPSA) is 65.0 Å². The Morgan fingerprint density at radius 2 is 0.680 bits per heavy atom. The first-order valence-corrected chi connectivity index (χ1v) is 16.6. The van der Waals surface area contributed by atoms with E-state index in [1.54, 1.807) is 0 Å². The molecule has 0 unspecified atom stereocenters. The fourth-order valence-corrected chi connectivity index (χ4v) is 6.95. The maximum absolute atomic E-state index is 6.38. The smallest absolute Gasteiger partial charge is 0.164 e. The van der Waals surface area contributed by atoms with Crippen molar-refractivity contribution < 1.29 is 8.83 Å². The summed E-state index contributed by atoms with van der Waals surface area (Å²) in [4.78, 5) is 15.1. The minimum absolute atomic E-state index is 0.595. The second kappa shape index (κ2) is 11.4. The predicted molar refractivity (Wildman–Crippen MR) is 202 cm³/mol. The Morgan fingerprint density at radius 1 is 0.300 bits per heavy atom. The lowest BCUT2D eigenvalue weighted by atomic mass is 9.99. The zero-order chi connectivity index (χ0) is 33.0. The van der Waals surface area contributed by atoms with Crippen molar-refractivity contribution >= 4 is 43.9 Å². The summed E-state index contributed by atoms with van der Waals surface area (Å²) in [5, 5.41) is 4.40. The lowest BCUT2D eigenvalue weighted by molar-refractivity contribution is 0.669. The largest absolute Gasteiger partial charge is 0.455 e. The Kier molecular flexibility index (Phi) is 6.42. The molecule has 0 spiro atoms. The van der Waals surface area contributed by atoms with E-state index in [4.69, 9.17) is 23.8 Å². The molecular weight excluding hydrogens is 615 g/mol. The SMILES string of the molecule is c1ccc(-c2nc(-c3cccc(-c4cccc5c4oc4ccccc45)c3)nc(-c3cccc(-c4cccc5c4oc4ccccc45)c3)n2)cc1. The molecule has 0 amide bonds. The van der Waals surface area contributed by atoms with Gasteiger partial charge in [0, 0.05) is 49.4 Å². The van der Waals surface area contributed by atoms with Gasteiger partial charge in [-0.2, -0.15) is 0 Å². The van der Waals surface area contributed by atoms with E-state index < -0.39 is 0 Å². The highest BCUT2D eigenvalue weighted by Crippen LogP contribution is 2.39. The number of furan rings is 2. The molecule has 0 bridgehead atoms. The summed E-state index contributed by atoms with van der Waals surface area (Å²) in [6.07, 6.45) is 0. The van der Waals surface area contributed by atoms with Crippen molar-refractivity contribution in [3.63, 3.8) is 0 Å². The predicted octanol–water partition coefficient (Wildman–Crippen LogP) is 12.0. The third-order valence-corrected chi connectivity index (χ3v) is 9.34. The lowest BCUT2D eigenvalue weighted by Gasteiger charge is -2.11. The van der Waals surface area contributed by atoms with Crippen LogP contribution in [0.5, 0.6) is 0 Å². The average Bonchev–Trinajstić information content (AvgIpc) is 3.77. The van der Waals surface area contributed by atoms with Crippen LogP contribution in [0.3, 0.4) is 0 Å². The van der Waals surface area contributed by atoms with E-state index in [0.29, 0.717) is 17.5 Å². The van der Waals surface area contributed by atoms with E-state index in [1.165, 1.54) is 0 Å². The first-order valence-electron chi connectivity index (χ1n) is 16.6. The summed E-state index contributed by atoms with van der Waals surface area (Å²) in [7, 11) is 0. The van der Waals surface area contributed by atoms with E-state index >= 15 is 0 Å². The zero-order valence-corrected chi connectivity index (χ0v) is 26.7. The second-order valence-electron chi connectivity index (χ2n) is 12.4. The maximum atomic E-state index is 6.38. The number of benzene rings is 7. The zero-order valence-electron chi connectivity index (χ0n) is 26.7. The number of rotatable bonds is 5. The van der Waals surface area contributed by atoms with Gasteiger partial charge in [-0.15, -0.1) is 0 Å². The molecule has 234 valence electrons. The van der Waals surface area contributed by atoms with Gasteiger partial charge >= 0.3 is 0 Å². The first-order chi connectivity index (χ1) is 24.8. The summed E-state index contributed by atoms with van der Waals surface area (Å²) >= 11 is 0. The number of hydrogen-bond donors (Lipinski definition) is 0. The third kappa shape index (κ3) is 4.67. The second-order valence-corrected chi connectivity index (χ2v) is 12.4. The van der Waals surface area contributed by atoms with Crippen LogP contribution in [-0.2, 0) is 0 Å². The molecule has 0 radical (unpaired) electrons. The van der Waals surface area contributed by atoms with Crippen molar-refractivity contribution in [2.24, 2.45) is 0 Å². The molecule has 0 saturated heterocycles. The Balaban J connectivity index is 1.12. The van der Waals surface area contributed by atoms with Crippen molar-refractivity contribution in [1.29, 1.82) is 0 Å². The normalized spacial score (nSPS) is 11.6. The highest BCUT2D eigenvalue weighted by Gasteiger charge is 2.17. The molecule has 10 rings (SSSR count). The van der Waals surface area contributed by atoms with Crippen LogP contribution in [0.25, 0.3) is 100 Å². The Morgan fingerprint density at radius 3 is 1.20 bits per heavy atom. The Bertz CT molecular complexity index is 2710. The van der Waals surface area contributed by atoms with Gasteiger partial charge in [0.15, 0.2) is 17.5 Å². The number of fused-ring (bicyclic) bond motifs is 6. The number of aromatic nitrogens is 3. The van der Waals surface area contributed by atoms with Gasteiger partial charge in [-0.1, -0.05) is 140 Å².